The zero-order valence-electron chi connectivity index (χ0n) is 9.70. The second-order valence-corrected chi connectivity index (χ2v) is 5.05. The van der Waals surface area contributed by atoms with Crippen LogP contribution in [0, 0.1) is 5.92 Å². The van der Waals surface area contributed by atoms with Gasteiger partial charge < -0.3 is 9.84 Å². The predicted molar refractivity (Wildman–Crippen MR) is 63.9 cm³/mol. The molecule has 1 aromatic rings. The number of hydrogen-bond acceptors (Lipinski definition) is 5. The minimum atomic E-state index is -0.768. The van der Waals surface area contributed by atoms with Crippen molar-refractivity contribution in [2.75, 3.05) is 19.8 Å². The molecule has 0 bridgehead atoms. The largest absolute Gasteiger partial charge is 0.481 e. The topological polar surface area (TPSA) is 62.7 Å². The maximum atomic E-state index is 11.1. The Hall–Kier alpha value is -0.980. The highest BCUT2D eigenvalue weighted by molar-refractivity contribution is 7.09. The molecular weight excluding hydrogens is 240 g/mol. The molecule has 1 fully saturated rings. The molecule has 17 heavy (non-hydrogen) atoms. The van der Waals surface area contributed by atoms with Crippen molar-refractivity contribution in [1.29, 1.82) is 0 Å². The Bertz CT molecular complexity index is 369. The third-order valence-electron chi connectivity index (χ3n) is 3.09. The maximum Gasteiger partial charge on any atom is 0.310 e. The van der Waals surface area contributed by atoms with Gasteiger partial charge in [0.2, 0.25) is 0 Å². The fraction of sp³-hybridized carbons (Fsp3) is 0.636. The fourth-order valence-corrected chi connectivity index (χ4v) is 2.74. The number of thiazole rings is 1. The molecule has 2 unspecified atom stereocenters. The quantitative estimate of drug-likeness (QED) is 0.853. The van der Waals surface area contributed by atoms with Gasteiger partial charge in [0.25, 0.3) is 0 Å². The van der Waals surface area contributed by atoms with Crippen molar-refractivity contribution in [3.8, 4) is 0 Å². The monoisotopic (exact) mass is 256 g/mol. The van der Waals surface area contributed by atoms with Crippen LogP contribution in [0.4, 0.5) is 0 Å². The van der Waals surface area contributed by atoms with Crippen LogP contribution in [0.3, 0.4) is 0 Å². The zero-order chi connectivity index (χ0) is 12.3. The number of hydrogen-bond donors (Lipinski definition) is 1. The van der Waals surface area contributed by atoms with Crippen LogP contribution in [0.1, 0.15) is 11.8 Å². The van der Waals surface area contributed by atoms with E-state index in [0.29, 0.717) is 13.2 Å². The van der Waals surface area contributed by atoms with Gasteiger partial charge in [-0.3, -0.25) is 14.7 Å². The summed E-state index contributed by atoms with van der Waals surface area (Å²) in [7, 11) is 0. The summed E-state index contributed by atoms with van der Waals surface area (Å²) in [5, 5.41) is 9.14. The highest BCUT2D eigenvalue weighted by atomic mass is 32.1. The van der Waals surface area contributed by atoms with E-state index in [1.165, 1.54) is 0 Å². The minimum Gasteiger partial charge on any atom is -0.481 e. The van der Waals surface area contributed by atoms with E-state index in [1.54, 1.807) is 16.8 Å². The van der Waals surface area contributed by atoms with E-state index in [-0.39, 0.29) is 6.04 Å². The number of rotatable bonds is 5. The molecule has 1 aliphatic heterocycles. The number of carbonyl (C=O) groups is 1. The lowest BCUT2D eigenvalue weighted by Gasteiger charge is -2.28. The van der Waals surface area contributed by atoms with Gasteiger partial charge in [-0.05, 0) is 6.54 Å². The number of aromatic nitrogens is 1. The second kappa shape index (κ2) is 5.57. The molecule has 1 aliphatic rings. The number of aliphatic carboxylic acids is 1. The van der Waals surface area contributed by atoms with Gasteiger partial charge in [0, 0.05) is 23.7 Å². The van der Waals surface area contributed by atoms with Crippen LogP contribution in [0.5, 0.6) is 0 Å². The van der Waals surface area contributed by atoms with Crippen molar-refractivity contribution in [1.82, 2.24) is 9.88 Å². The van der Waals surface area contributed by atoms with E-state index < -0.39 is 11.9 Å². The number of ether oxygens (including phenoxy) is 1. The Morgan fingerprint density at radius 2 is 2.53 bits per heavy atom. The molecule has 5 nitrogen and oxygen atoms in total. The average Bonchev–Trinajstić information content (AvgIpc) is 2.96. The molecule has 1 saturated heterocycles. The smallest absolute Gasteiger partial charge is 0.310 e. The Morgan fingerprint density at radius 3 is 3.12 bits per heavy atom. The highest BCUT2D eigenvalue weighted by Gasteiger charge is 2.37. The zero-order valence-corrected chi connectivity index (χ0v) is 10.5. The van der Waals surface area contributed by atoms with Crippen molar-refractivity contribution in [2.45, 2.75) is 19.5 Å². The molecule has 0 saturated carbocycles. The summed E-state index contributed by atoms with van der Waals surface area (Å²) < 4.78 is 5.30. The van der Waals surface area contributed by atoms with Crippen LogP contribution in [0.25, 0.3) is 0 Å². The molecule has 94 valence electrons. The summed E-state index contributed by atoms with van der Waals surface area (Å²) in [6, 6.07) is -0.0281. The number of carboxylic acid groups (broad SMARTS) is 1. The Balaban J connectivity index is 2.04. The van der Waals surface area contributed by atoms with Crippen LogP contribution in [-0.2, 0) is 16.1 Å². The first kappa shape index (κ1) is 12.5. The molecule has 0 aromatic carbocycles. The molecule has 6 heteroatoms. The summed E-state index contributed by atoms with van der Waals surface area (Å²) in [6.45, 7) is 4.43. The molecular formula is C11H16N2O3S. The van der Waals surface area contributed by atoms with Gasteiger partial charge >= 0.3 is 5.97 Å². The Labute approximate surface area is 104 Å². The van der Waals surface area contributed by atoms with E-state index in [0.717, 1.165) is 18.0 Å². The third-order valence-corrected chi connectivity index (χ3v) is 3.85. The molecule has 0 amide bonds. The van der Waals surface area contributed by atoms with E-state index in [1.807, 2.05) is 13.1 Å². The molecule has 1 aromatic heterocycles. The number of carboxylic acids is 1. The lowest BCUT2D eigenvalue weighted by molar-refractivity contribution is -0.143. The summed E-state index contributed by atoms with van der Waals surface area (Å²) in [6.07, 6.45) is 1.83. The fourth-order valence-electron chi connectivity index (χ4n) is 2.12. The Kier molecular flexibility index (Phi) is 4.09. The molecule has 2 atom stereocenters. The van der Waals surface area contributed by atoms with E-state index >= 15 is 0 Å². The number of likely N-dealkylation sites (N-methyl/N-ethyl adjacent to an activating group) is 1. The van der Waals surface area contributed by atoms with Gasteiger partial charge in [0.05, 0.1) is 24.6 Å². The van der Waals surface area contributed by atoms with Crippen molar-refractivity contribution in [2.24, 2.45) is 5.92 Å². The van der Waals surface area contributed by atoms with E-state index in [4.69, 9.17) is 9.84 Å². The molecule has 1 N–H and O–H groups in total. The molecule has 2 rings (SSSR count). The van der Waals surface area contributed by atoms with Gasteiger partial charge in [0.15, 0.2) is 0 Å². The molecule has 0 spiro atoms. The first-order valence-electron chi connectivity index (χ1n) is 5.64. The maximum absolute atomic E-state index is 11.1. The SMILES string of the molecule is CCN(Cc1cncs1)C1COCC1C(=O)O. The van der Waals surface area contributed by atoms with Crippen molar-refractivity contribution in [3.05, 3.63) is 16.6 Å². The Morgan fingerprint density at radius 1 is 1.71 bits per heavy atom. The van der Waals surface area contributed by atoms with Crippen LogP contribution in [0.2, 0.25) is 0 Å². The first-order valence-corrected chi connectivity index (χ1v) is 6.52. The van der Waals surface area contributed by atoms with Gasteiger partial charge in [-0.25, -0.2) is 0 Å². The molecule has 0 aliphatic carbocycles. The lowest BCUT2D eigenvalue weighted by atomic mass is 10.0. The average molecular weight is 256 g/mol. The van der Waals surface area contributed by atoms with Crippen LogP contribution >= 0.6 is 11.3 Å². The van der Waals surface area contributed by atoms with E-state index in [9.17, 15) is 4.79 Å². The molecule has 0 radical (unpaired) electrons. The van der Waals surface area contributed by atoms with Crippen LogP contribution in [-0.4, -0.2) is 46.8 Å². The summed E-state index contributed by atoms with van der Waals surface area (Å²) >= 11 is 1.59. The molecule has 2 heterocycles. The first-order chi connectivity index (χ1) is 8.22. The summed E-state index contributed by atoms with van der Waals surface area (Å²) in [5.74, 6) is -1.18. The highest BCUT2D eigenvalue weighted by Crippen LogP contribution is 2.22. The van der Waals surface area contributed by atoms with E-state index in [2.05, 4.69) is 9.88 Å². The number of nitrogens with zero attached hydrogens (tertiary/aromatic N) is 2. The minimum absolute atomic E-state index is 0.0281. The predicted octanol–water partition coefficient (Wildman–Crippen LogP) is 1.06. The van der Waals surface area contributed by atoms with Crippen LogP contribution < -0.4 is 0 Å². The van der Waals surface area contributed by atoms with Gasteiger partial charge in [-0.15, -0.1) is 11.3 Å². The van der Waals surface area contributed by atoms with Gasteiger partial charge in [-0.2, -0.15) is 0 Å². The normalized spacial score (nSPS) is 24.4. The lowest BCUT2D eigenvalue weighted by Crippen LogP contribution is -2.42. The standard InChI is InChI=1S/C11H16N2O3S/c1-2-13(4-8-3-12-7-17-8)10-6-16-5-9(10)11(14)15/h3,7,9-10H,2,4-6H2,1H3,(H,14,15). The van der Waals surface area contributed by atoms with Gasteiger partial charge in [-0.1, -0.05) is 6.92 Å². The van der Waals surface area contributed by atoms with Crippen LogP contribution in [0.15, 0.2) is 11.7 Å². The summed E-state index contributed by atoms with van der Waals surface area (Å²) in [5.41, 5.74) is 1.79. The summed E-state index contributed by atoms with van der Waals surface area (Å²) in [4.78, 5) is 18.5. The van der Waals surface area contributed by atoms with Crippen molar-refractivity contribution < 1.29 is 14.6 Å². The third kappa shape index (κ3) is 2.83. The van der Waals surface area contributed by atoms with Crippen molar-refractivity contribution in [3.63, 3.8) is 0 Å². The van der Waals surface area contributed by atoms with Crippen molar-refractivity contribution >= 4 is 17.3 Å². The second-order valence-electron chi connectivity index (χ2n) is 4.08. The van der Waals surface area contributed by atoms with Gasteiger partial charge in [0.1, 0.15) is 0 Å².